The standard InChI is InChI=1S/C14H16N4O3S2/c1-23(20,21)18-7-3-5-12(18)13(19)17-14-16-11(9-22-14)10-4-2-6-15-8-10/h2,4,6,8-9,12H,3,5,7H2,1H3,(H,16,17,19). The Morgan fingerprint density at radius 3 is 3.00 bits per heavy atom. The highest BCUT2D eigenvalue weighted by atomic mass is 32.2. The highest BCUT2D eigenvalue weighted by Gasteiger charge is 2.36. The third kappa shape index (κ3) is 3.57. The molecule has 1 saturated heterocycles. The lowest BCUT2D eigenvalue weighted by Crippen LogP contribution is -2.42. The Kier molecular flexibility index (Phi) is 4.42. The second kappa shape index (κ2) is 6.34. The third-order valence-electron chi connectivity index (χ3n) is 3.62. The molecule has 1 N–H and O–H groups in total. The van der Waals surface area contributed by atoms with E-state index in [9.17, 15) is 13.2 Å². The van der Waals surface area contributed by atoms with Gasteiger partial charge in [0.1, 0.15) is 6.04 Å². The molecule has 1 fully saturated rings. The second-order valence-corrected chi connectivity index (χ2v) is 8.09. The van der Waals surface area contributed by atoms with E-state index in [-0.39, 0.29) is 5.91 Å². The summed E-state index contributed by atoms with van der Waals surface area (Å²) in [7, 11) is -3.38. The van der Waals surface area contributed by atoms with Crippen molar-refractivity contribution in [3.05, 3.63) is 29.9 Å². The summed E-state index contributed by atoms with van der Waals surface area (Å²) in [5.41, 5.74) is 1.59. The molecule has 0 spiro atoms. The lowest BCUT2D eigenvalue weighted by molar-refractivity contribution is -0.119. The number of hydrogen-bond donors (Lipinski definition) is 1. The van der Waals surface area contributed by atoms with E-state index in [0.29, 0.717) is 24.5 Å². The van der Waals surface area contributed by atoms with Gasteiger partial charge in [0.2, 0.25) is 15.9 Å². The summed E-state index contributed by atoms with van der Waals surface area (Å²) < 4.78 is 24.7. The maximum absolute atomic E-state index is 12.4. The molecule has 1 aliphatic rings. The highest BCUT2D eigenvalue weighted by molar-refractivity contribution is 7.88. The molecule has 1 unspecified atom stereocenters. The quantitative estimate of drug-likeness (QED) is 0.902. The van der Waals surface area contributed by atoms with Crippen LogP contribution in [0, 0.1) is 0 Å². The molecule has 3 rings (SSSR count). The summed E-state index contributed by atoms with van der Waals surface area (Å²) in [6.45, 7) is 0.385. The highest BCUT2D eigenvalue weighted by Crippen LogP contribution is 2.26. The summed E-state index contributed by atoms with van der Waals surface area (Å²) in [5.74, 6) is -0.333. The van der Waals surface area contributed by atoms with Crippen molar-refractivity contribution in [2.75, 3.05) is 18.1 Å². The number of carbonyl (C=O) groups excluding carboxylic acids is 1. The number of carbonyl (C=O) groups is 1. The van der Waals surface area contributed by atoms with Gasteiger partial charge in [-0.3, -0.25) is 9.78 Å². The number of anilines is 1. The van der Waals surface area contributed by atoms with Crippen LogP contribution >= 0.6 is 11.3 Å². The monoisotopic (exact) mass is 352 g/mol. The molecular formula is C14H16N4O3S2. The molecule has 2 aromatic rings. The first-order chi connectivity index (χ1) is 10.9. The molecule has 9 heteroatoms. The van der Waals surface area contributed by atoms with E-state index in [1.54, 1.807) is 12.4 Å². The summed E-state index contributed by atoms with van der Waals surface area (Å²) in [5, 5.41) is 5.00. The van der Waals surface area contributed by atoms with Gasteiger partial charge in [-0.15, -0.1) is 11.3 Å². The van der Waals surface area contributed by atoms with Crippen LogP contribution in [-0.2, 0) is 14.8 Å². The number of sulfonamides is 1. The zero-order valence-electron chi connectivity index (χ0n) is 12.5. The average molecular weight is 352 g/mol. The van der Waals surface area contributed by atoms with Crippen LogP contribution in [0.15, 0.2) is 29.9 Å². The topological polar surface area (TPSA) is 92.3 Å². The van der Waals surface area contributed by atoms with Gasteiger partial charge in [-0.2, -0.15) is 4.31 Å². The van der Waals surface area contributed by atoms with Crippen molar-refractivity contribution in [3.63, 3.8) is 0 Å². The Bertz CT molecular complexity index is 804. The van der Waals surface area contributed by atoms with E-state index >= 15 is 0 Å². The fraction of sp³-hybridized carbons (Fsp3) is 0.357. The van der Waals surface area contributed by atoms with Crippen LogP contribution in [0.3, 0.4) is 0 Å². The largest absolute Gasteiger partial charge is 0.301 e. The lowest BCUT2D eigenvalue weighted by atomic mass is 10.2. The molecule has 122 valence electrons. The smallest absolute Gasteiger partial charge is 0.244 e. The maximum atomic E-state index is 12.4. The molecular weight excluding hydrogens is 336 g/mol. The number of pyridine rings is 1. The average Bonchev–Trinajstić information content (AvgIpc) is 3.16. The molecule has 0 aromatic carbocycles. The van der Waals surface area contributed by atoms with Gasteiger partial charge in [-0.25, -0.2) is 13.4 Å². The number of amides is 1. The van der Waals surface area contributed by atoms with Crippen LogP contribution < -0.4 is 5.32 Å². The molecule has 1 aliphatic heterocycles. The minimum atomic E-state index is -3.38. The molecule has 1 amide bonds. The summed E-state index contributed by atoms with van der Waals surface area (Å²) in [6, 6.07) is 3.04. The van der Waals surface area contributed by atoms with Crippen LogP contribution in [-0.4, -0.2) is 47.4 Å². The fourth-order valence-electron chi connectivity index (χ4n) is 2.57. The Morgan fingerprint density at radius 1 is 1.48 bits per heavy atom. The van der Waals surface area contributed by atoms with Crippen molar-refractivity contribution < 1.29 is 13.2 Å². The predicted octanol–water partition coefficient (Wildman–Crippen LogP) is 1.57. The minimum absolute atomic E-state index is 0.333. The van der Waals surface area contributed by atoms with Crippen molar-refractivity contribution in [2.45, 2.75) is 18.9 Å². The van der Waals surface area contributed by atoms with Crippen LogP contribution in [0.25, 0.3) is 11.3 Å². The van der Waals surface area contributed by atoms with Gasteiger partial charge in [-0.1, -0.05) is 0 Å². The zero-order valence-corrected chi connectivity index (χ0v) is 14.1. The summed E-state index contributed by atoms with van der Waals surface area (Å²) >= 11 is 1.30. The number of aromatic nitrogens is 2. The molecule has 0 saturated carbocycles. The molecule has 1 atom stereocenters. The van der Waals surface area contributed by atoms with Crippen LogP contribution in [0.5, 0.6) is 0 Å². The fourth-order valence-corrected chi connectivity index (χ4v) is 4.41. The third-order valence-corrected chi connectivity index (χ3v) is 5.67. The van der Waals surface area contributed by atoms with Crippen molar-refractivity contribution in [3.8, 4) is 11.3 Å². The number of rotatable bonds is 4. The van der Waals surface area contributed by atoms with E-state index < -0.39 is 16.1 Å². The number of nitrogens with one attached hydrogen (secondary N) is 1. The maximum Gasteiger partial charge on any atom is 0.244 e. The Morgan fingerprint density at radius 2 is 2.30 bits per heavy atom. The summed E-state index contributed by atoms with van der Waals surface area (Å²) in [4.78, 5) is 20.7. The second-order valence-electron chi connectivity index (χ2n) is 5.30. The Balaban J connectivity index is 1.73. The van der Waals surface area contributed by atoms with Crippen molar-refractivity contribution in [2.24, 2.45) is 0 Å². The van der Waals surface area contributed by atoms with E-state index in [2.05, 4.69) is 15.3 Å². The normalized spacial score (nSPS) is 18.9. The first-order valence-electron chi connectivity index (χ1n) is 7.09. The minimum Gasteiger partial charge on any atom is -0.301 e. The molecule has 0 aliphatic carbocycles. The van der Waals surface area contributed by atoms with E-state index in [4.69, 9.17) is 0 Å². The van der Waals surface area contributed by atoms with Gasteiger partial charge in [-0.05, 0) is 25.0 Å². The van der Waals surface area contributed by atoms with Gasteiger partial charge >= 0.3 is 0 Å². The molecule has 7 nitrogen and oxygen atoms in total. The molecule has 23 heavy (non-hydrogen) atoms. The SMILES string of the molecule is CS(=O)(=O)N1CCCC1C(=O)Nc1nc(-c2cccnc2)cs1. The van der Waals surface area contributed by atoms with Crippen molar-refractivity contribution >= 4 is 32.4 Å². The molecule has 0 radical (unpaired) electrons. The first kappa shape index (κ1) is 16.0. The number of nitrogens with zero attached hydrogens (tertiary/aromatic N) is 3. The number of thiazole rings is 1. The van der Waals surface area contributed by atoms with Crippen molar-refractivity contribution in [1.82, 2.24) is 14.3 Å². The lowest BCUT2D eigenvalue weighted by Gasteiger charge is -2.20. The first-order valence-corrected chi connectivity index (χ1v) is 9.81. The van der Waals surface area contributed by atoms with Gasteiger partial charge in [0.05, 0.1) is 11.9 Å². The van der Waals surface area contributed by atoms with Crippen LogP contribution in [0.4, 0.5) is 5.13 Å². The van der Waals surface area contributed by atoms with Gasteiger partial charge < -0.3 is 5.32 Å². The van der Waals surface area contributed by atoms with E-state index in [0.717, 1.165) is 17.5 Å². The van der Waals surface area contributed by atoms with E-state index in [1.807, 2.05) is 17.5 Å². The van der Waals surface area contributed by atoms with Crippen molar-refractivity contribution in [1.29, 1.82) is 0 Å². The molecule has 3 heterocycles. The molecule has 2 aromatic heterocycles. The van der Waals surface area contributed by atoms with Gasteiger partial charge in [0, 0.05) is 29.9 Å². The van der Waals surface area contributed by atoms with Crippen LogP contribution in [0.2, 0.25) is 0 Å². The molecule has 0 bridgehead atoms. The summed E-state index contributed by atoms with van der Waals surface area (Å²) in [6.07, 6.45) is 5.72. The Labute approximate surface area is 138 Å². The Hall–Kier alpha value is -1.84. The van der Waals surface area contributed by atoms with E-state index in [1.165, 1.54) is 15.6 Å². The van der Waals surface area contributed by atoms with Gasteiger partial charge in [0.25, 0.3) is 0 Å². The van der Waals surface area contributed by atoms with Gasteiger partial charge in [0.15, 0.2) is 5.13 Å². The number of hydrogen-bond acceptors (Lipinski definition) is 6. The zero-order chi connectivity index (χ0) is 16.4. The predicted molar refractivity (Wildman–Crippen MR) is 88.5 cm³/mol. The van der Waals surface area contributed by atoms with Crippen LogP contribution in [0.1, 0.15) is 12.8 Å².